The minimum absolute atomic E-state index is 0. The Morgan fingerprint density at radius 2 is 1.56 bits per heavy atom. The Morgan fingerprint density at radius 1 is 0.941 bits per heavy atom. The van der Waals surface area contributed by atoms with E-state index in [-0.39, 0.29) is 30.3 Å². The molecule has 0 fully saturated rings. The summed E-state index contributed by atoms with van der Waals surface area (Å²) in [6.07, 6.45) is 0. The van der Waals surface area contributed by atoms with Gasteiger partial charge in [0.05, 0.1) is 39.8 Å². The molecule has 0 saturated carbocycles. The van der Waals surface area contributed by atoms with Crippen LogP contribution in [0.2, 0.25) is 0 Å². The standard InChI is InChI=1S/C24H29N3O5S.ClH/c1-13(2)21(25)24(28)26-17-9-14(7-8-18(17)29-3)16-12-33-27-22(16)15-10-19(30-4)23(32-6)20(11-15)31-5;/h7-13,21H,25H2,1-6H3,(H,26,28);1H/t21-;/m1./s1. The average Bonchev–Trinajstić information content (AvgIpc) is 3.32. The van der Waals surface area contributed by atoms with Crippen molar-refractivity contribution in [3.05, 3.63) is 35.7 Å². The van der Waals surface area contributed by atoms with E-state index in [0.29, 0.717) is 28.7 Å². The maximum absolute atomic E-state index is 12.6. The van der Waals surface area contributed by atoms with Crippen LogP contribution in [0.5, 0.6) is 23.0 Å². The van der Waals surface area contributed by atoms with Crippen LogP contribution in [0.4, 0.5) is 5.69 Å². The topological polar surface area (TPSA) is 107 Å². The number of methoxy groups -OCH3 is 4. The van der Waals surface area contributed by atoms with Crippen molar-refractivity contribution >= 4 is 23.1 Å². The van der Waals surface area contributed by atoms with Gasteiger partial charge in [-0.1, -0.05) is 19.9 Å². The Kier molecular flexibility index (Phi) is 9.55. The number of quaternary nitrogens is 1. The van der Waals surface area contributed by atoms with E-state index >= 15 is 0 Å². The minimum Gasteiger partial charge on any atom is -1.00 e. The predicted molar refractivity (Wildman–Crippen MR) is 129 cm³/mol. The van der Waals surface area contributed by atoms with Crippen LogP contribution in [0.15, 0.2) is 35.7 Å². The van der Waals surface area contributed by atoms with Gasteiger partial charge in [-0.25, -0.2) is 0 Å². The fraction of sp³-hybridized carbons (Fsp3) is 0.333. The van der Waals surface area contributed by atoms with Crippen LogP contribution in [0.3, 0.4) is 0 Å². The van der Waals surface area contributed by atoms with Gasteiger partial charge in [0.15, 0.2) is 17.5 Å². The van der Waals surface area contributed by atoms with Gasteiger partial charge in [0, 0.05) is 22.4 Å². The Balaban J connectivity index is 0.00000408. The summed E-state index contributed by atoms with van der Waals surface area (Å²) >= 11 is 1.34. The molecule has 3 aromatic rings. The van der Waals surface area contributed by atoms with E-state index in [2.05, 4.69) is 15.4 Å². The summed E-state index contributed by atoms with van der Waals surface area (Å²) < 4.78 is 26.5. The SMILES string of the molecule is COc1ccc(-c2csnc2-c2cc(OC)c(OC)c(OC)c2)cc1NC(=O)[C@H]([NH3+])C(C)C.[Cl-]. The highest BCUT2D eigenvalue weighted by atomic mass is 35.5. The molecule has 0 aliphatic carbocycles. The second-order valence-corrected chi connectivity index (χ2v) is 8.37. The molecule has 0 bridgehead atoms. The van der Waals surface area contributed by atoms with E-state index < -0.39 is 0 Å². The van der Waals surface area contributed by atoms with Crippen molar-refractivity contribution in [2.24, 2.45) is 5.92 Å². The molecule has 8 nitrogen and oxygen atoms in total. The first kappa shape index (κ1) is 27.2. The number of nitrogens with zero attached hydrogens (tertiary/aromatic N) is 1. The van der Waals surface area contributed by atoms with Gasteiger partial charge in [-0.2, -0.15) is 4.37 Å². The Hall–Kier alpha value is -3.01. The smallest absolute Gasteiger partial charge is 0.282 e. The van der Waals surface area contributed by atoms with Gasteiger partial charge in [-0.15, -0.1) is 0 Å². The predicted octanol–water partition coefficient (Wildman–Crippen LogP) is 0.721. The third-order valence-corrected chi connectivity index (χ3v) is 6.05. The molecule has 0 radical (unpaired) electrons. The molecule has 1 atom stereocenters. The normalized spacial score (nSPS) is 11.4. The molecular weight excluding hydrogens is 478 g/mol. The lowest BCUT2D eigenvalue weighted by molar-refractivity contribution is -0.412. The van der Waals surface area contributed by atoms with Crippen LogP contribution in [0.1, 0.15) is 13.8 Å². The molecule has 0 aliphatic rings. The van der Waals surface area contributed by atoms with Gasteiger partial charge >= 0.3 is 0 Å². The van der Waals surface area contributed by atoms with Gasteiger partial charge in [0.25, 0.3) is 5.91 Å². The Labute approximate surface area is 209 Å². The first-order valence-electron chi connectivity index (χ1n) is 10.4. The third kappa shape index (κ3) is 5.55. The number of ether oxygens (including phenoxy) is 4. The monoisotopic (exact) mass is 507 g/mol. The van der Waals surface area contributed by atoms with Gasteiger partial charge < -0.3 is 42.4 Å². The summed E-state index contributed by atoms with van der Waals surface area (Å²) in [5.41, 5.74) is 7.92. The molecule has 3 rings (SSSR count). The number of amides is 1. The van der Waals surface area contributed by atoms with Gasteiger partial charge in [0.1, 0.15) is 5.75 Å². The lowest BCUT2D eigenvalue weighted by atomic mass is 10.00. The molecule has 0 unspecified atom stereocenters. The molecule has 0 saturated heterocycles. The zero-order valence-electron chi connectivity index (χ0n) is 20.1. The number of anilines is 1. The molecule has 2 aromatic carbocycles. The maximum Gasteiger partial charge on any atom is 0.282 e. The van der Waals surface area contributed by atoms with Crippen molar-refractivity contribution in [3.8, 4) is 45.4 Å². The molecule has 1 aromatic heterocycles. The van der Waals surface area contributed by atoms with Crippen molar-refractivity contribution < 1.29 is 41.9 Å². The fourth-order valence-corrected chi connectivity index (χ4v) is 4.08. The number of halogens is 1. The number of benzene rings is 2. The van der Waals surface area contributed by atoms with Crippen molar-refractivity contribution in [1.82, 2.24) is 4.37 Å². The van der Waals surface area contributed by atoms with Crippen LogP contribution in [-0.2, 0) is 4.79 Å². The highest BCUT2D eigenvalue weighted by Gasteiger charge is 2.23. The zero-order chi connectivity index (χ0) is 24.1. The van der Waals surface area contributed by atoms with Crippen LogP contribution in [0.25, 0.3) is 22.4 Å². The second kappa shape index (κ2) is 11.9. The number of hydrogen-bond donors (Lipinski definition) is 2. The van der Waals surface area contributed by atoms with Crippen molar-refractivity contribution in [1.29, 1.82) is 0 Å². The molecule has 1 heterocycles. The average molecular weight is 508 g/mol. The van der Waals surface area contributed by atoms with E-state index in [1.54, 1.807) is 28.4 Å². The lowest BCUT2D eigenvalue weighted by Crippen LogP contribution is -3.00. The Bertz CT molecular complexity index is 1110. The molecule has 0 spiro atoms. The van der Waals surface area contributed by atoms with Crippen LogP contribution < -0.4 is 42.4 Å². The number of carbonyl (C=O) groups is 1. The van der Waals surface area contributed by atoms with Crippen LogP contribution in [0, 0.1) is 5.92 Å². The van der Waals surface area contributed by atoms with Crippen molar-refractivity contribution in [2.45, 2.75) is 19.9 Å². The third-order valence-electron chi connectivity index (χ3n) is 5.42. The zero-order valence-corrected chi connectivity index (χ0v) is 21.7. The highest BCUT2D eigenvalue weighted by molar-refractivity contribution is 7.04. The first-order chi connectivity index (χ1) is 15.8. The number of nitrogens with one attached hydrogen (secondary N) is 1. The largest absolute Gasteiger partial charge is 1.00 e. The summed E-state index contributed by atoms with van der Waals surface area (Å²) in [7, 11) is 6.29. The number of rotatable bonds is 9. The number of carbonyl (C=O) groups excluding carboxylic acids is 1. The van der Waals surface area contributed by atoms with E-state index in [0.717, 1.165) is 22.4 Å². The molecular formula is C24H30ClN3O5S. The number of hydrogen-bond acceptors (Lipinski definition) is 7. The van der Waals surface area contributed by atoms with Gasteiger partial charge in [-0.3, -0.25) is 4.79 Å². The van der Waals surface area contributed by atoms with Gasteiger partial charge in [-0.05, 0) is 41.4 Å². The maximum atomic E-state index is 12.6. The molecule has 1 amide bonds. The van der Waals surface area contributed by atoms with Crippen LogP contribution >= 0.6 is 11.5 Å². The van der Waals surface area contributed by atoms with Gasteiger partial charge in [0.2, 0.25) is 5.75 Å². The fourth-order valence-electron chi connectivity index (χ4n) is 3.37. The van der Waals surface area contributed by atoms with E-state index in [9.17, 15) is 4.79 Å². The lowest BCUT2D eigenvalue weighted by Gasteiger charge is -2.16. The Morgan fingerprint density at radius 3 is 2.09 bits per heavy atom. The summed E-state index contributed by atoms with van der Waals surface area (Å²) in [6.45, 7) is 3.93. The quantitative estimate of drug-likeness (QED) is 0.442. The summed E-state index contributed by atoms with van der Waals surface area (Å²) in [5, 5.41) is 4.92. The molecule has 10 heteroatoms. The summed E-state index contributed by atoms with van der Waals surface area (Å²) in [6, 6.07) is 8.99. The second-order valence-electron chi connectivity index (χ2n) is 7.75. The highest BCUT2D eigenvalue weighted by Crippen LogP contribution is 2.44. The van der Waals surface area contributed by atoms with E-state index in [1.807, 2.05) is 49.6 Å². The molecule has 34 heavy (non-hydrogen) atoms. The van der Waals surface area contributed by atoms with Crippen LogP contribution in [-0.4, -0.2) is 44.8 Å². The van der Waals surface area contributed by atoms with Crippen molar-refractivity contribution in [2.75, 3.05) is 33.8 Å². The van der Waals surface area contributed by atoms with E-state index in [4.69, 9.17) is 18.9 Å². The van der Waals surface area contributed by atoms with E-state index in [1.165, 1.54) is 11.5 Å². The minimum atomic E-state index is -0.379. The summed E-state index contributed by atoms with van der Waals surface area (Å²) in [5.74, 6) is 2.14. The first-order valence-corrected chi connectivity index (χ1v) is 11.2. The molecule has 184 valence electrons. The molecule has 4 N–H and O–H groups in total. The summed E-state index contributed by atoms with van der Waals surface area (Å²) in [4.78, 5) is 12.6. The molecule has 0 aliphatic heterocycles. The number of aromatic nitrogens is 1. The van der Waals surface area contributed by atoms with Crippen molar-refractivity contribution in [3.63, 3.8) is 0 Å².